The van der Waals surface area contributed by atoms with E-state index in [2.05, 4.69) is 24.4 Å². The van der Waals surface area contributed by atoms with Crippen LogP contribution in [0.5, 0.6) is 0 Å². The highest BCUT2D eigenvalue weighted by atomic mass is 35.5. The molecule has 0 heterocycles. The van der Waals surface area contributed by atoms with E-state index >= 15 is 0 Å². The summed E-state index contributed by atoms with van der Waals surface area (Å²) in [6.07, 6.45) is 2.08. The van der Waals surface area contributed by atoms with Crippen LogP contribution in [0.4, 0.5) is 5.69 Å². The van der Waals surface area contributed by atoms with Crippen molar-refractivity contribution in [2.45, 2.75) is 32.9 Å². The first kappa shape index (κ1) is 25.1. The lowest BCUT2D eigenvalue weighted by Crippen LogP contribution is -2.29. The zero-order valence-electron chi connectivity index (χ0n) is 18.7. The molecular formula is C25H26Cl2N2O3S. The molecular weight excluding hydrogens is 479 g/mol. The van der Waals surface area contributed by atoms with Crippen molar-refractivity contribution in [1.29, 1.82) is 0 Å². The second-order valence-electron chi connectivity index (χ2n) is 7.83. The Morgan fingerprint density at radius 1 is 0.970 bits per heavy atom. The van der Waals surface area contributed by atoms with E-state index in [0.717, 1.165) is 18.2 Å². The smallest absolute Gasteiger partial charge is 0.251 e. The summed E-state index contributed by atoms with van der Waals surface area (Å²) in [6, 6.07) is 19.7. The van der Waals surface area contributed by atoms with Gasteiger partial charge in [-0.05, 0) is 54.3 Å². The van der Waals surface area contributed by atoms with Crippen molar-refractivity contribution in [2.75, 3.05) is 10.6 Å². The van der Waals surface area contributed by atoms with E-state index in [1.54, 1.807) is 42.5 Å². The minimum Gasteiger partial charge on any atom is -0.346 e. The zero-order chi connectivity index (χ0) is 24.2. The second kappa shape index (κ2) is 10.6. The number of benzene rings is 3. The first-order valence-corrected chi connectivity index (χ1v) is 13.1. The molecule has 1 atom stereocenters. The van der Waals surface area contributed by atoms with Crippen molar-refractivity contribution in [2.24, 2.45) is 0 Å². The maximum Gasteiger partial charge on any atom is 0.251 e. The molecule has 0 unspecified atom stereocenters. The van der Waals surface area contributed by atoms with E-state index in [0.29, 0.717) is 16.8 Å². The Balaban J connectivity index is 1.74. The van der Waals surface area contributed by atoms with Crippen molar-refractivity contribution in [3.05, 3.63) is 99.0 Å². The number of halogens is 2. The molecule has 8 heteroatoms. The van der Waals surface area contributed by atoms with Crippen LogP contribution in [0.1, 0.15) is 46.9 Å². The number of carbonyl (C=O) groups excluding carboxylic acids is 1. The van der Waals surface area contributed by atoms with Gasteiger partial charge in [-0.2, -0.15) is 0 Å². The SMILES string of the molecule is CCc1ccc([C@@H](C)NC(=O)c2ccc(CN(c3cccc(Cl)c3Cl)S(C)(=O)=O)cc2)cc1. The summed E-state index contributed by atoms with van der Waals surface area (Å²) in [6.45, 7) is 4.09. The predicted octanol–water partition coefficient (Wildman–Crippen LogP) is 6.01. The molecule has 3 rings (SSSR count). The summed E-state index contributed by atoms with van der Waals surface area (Å²) >= 11 is 12.3. The van der Waals surface area contributed by atoms with Crippen LogP contribution in [0.2, 0.25) is 10.0 Å². The van der Waals surface area contributed by atoms with Gasteiger partial charge in [0, 0.05) is 5.56 Å². The Kier molecular flexibility index (Phi) is 8.05. The Morgan fingerprint density at radius 3 is 2.15 bits per heavy atom. The molecule has 0 aliphatic carbocycles. The highest BCUT2D eigenvalue weighted by Gasteiger charge is 2.22. The first-order valence-electron chi connectivity index (χ1n) is 10.5. The summed E-state index contributed by atoms with van der Waals surface area (Å²) in [5.74, 6) is -0.202. The van der Waals surface area contributed by atoms with Crippen LogP contribution in [0, 0.1) is 0 Å². The fourth-order valence-electron chi connectivity index (χ4n) is 3.40. The van der Waals surface area contributed by atoms with Gasteiger partial charge in [-0.15, -0.1) is 0 Å². The molecule has 0 bridgehead atoms. The molecule has 33 heavy (non-hydrogen) atoms. The van der Waals surface area contributed by atoms with E-state index in [4.69, 9.17) is 23.2 Å². The number of amides is 1. The summed E-state index contributed by atoms with van der Waals surface area (Å²) < 4.78 is 26.1. The summed E-state index contributed by atoms with van der Waals surface area (Å²) in [7, 11) is -3.62. The summed E-state index contributed by atoms with van der Waals surface area (Å²) in [4.78, 5) is 12.7. The minimum atomic E-state index is -3.62. The van der Waals surface area contributed by atoms with E-state index in [9.17, 15) is 13.2 Å². The van der Waals surface area contributed by atoms with Gasteiger partial charge in [0.2, 0.25) is 10.0 Å². The van der Waals surface area contributed by atoms with Crippen molar-refractivity contribution in [1.82, 2.24) is 5.32 Å². The second-order valence-corrected chi connectivity index (χ2v) is 10.5. The maximum atomic E-state index is 12.7. The van der Waals surface area contributed by atoms with E-state index in [1.807, 2.05) is 19.1 Å². The molecule has 0 saturated heterocycles. The number of sulfonamides is 1. The molecule has 174 valence electrons. The van der Waals surface area contributed by atoms with Crippen LogP contribution in [-0.4, -0.2) is 20.6 Å². The number of anilines is 1. The van der Waals surface area contributed by atoms with Gasteiger partial charge < -0.3 is 5.32 Å². The average Bonchev–Trinajstić information content (AvgIpc) is 2.79. The highest BCUT2D eigenvalue weighted by Crippen LogP contribution is 2.34. The molecule has 0 saturated carbocycles. The van der Waals surface area contributed by atoms with Gasteiger partial charge in [-0.25, -0.2) is 8.42 Å². The summed E-state index contributed by atoms with van der Waals surface area (Å²) in [5.41, 5.74) is 3.77. The third kappa shape index (κ3) is 6.28. The molecule has 1 amide bonds. The van der Waals surface area contributed by atoms with Crippen molar-refractivity contribution >= 4 is 44.8 Å². The van der Waals surface area contributed by atoms with Crippen LogP contribution >= 0.6 is 23.2 Å². The third-order valence-corrected chi connectivity index (χ3v) is 7.31. The molecule has 5 nitrogen and oxygen atoms in total. The minimum absolute atomic E-state index is 0.0565. The first-order chi connectivity index (χ1) is 15.6. The average molecular weight is 505 g/mol. The number of aryl methyl sites for hydroxylation is 1. The standard InChI is InChI=1S/C25H26Cl2N2O3S/c1-4-18-8-12-20(13-9-18)17(2)28-25(30)21-14-10-19(11-15-21)16-29(33(3,31)32)23-7-5-6-22(26)24(23)27/h5-15,17H,4,16H2,1-3H3,(H,28,30)/t17-/m1/s1. The highest BCUT2D eigenvalue weighted by molar-refractivity contribution is 7.92. The Labute approximate surface area is 205 Å². The lowest BCUT2D eigenvalue weighted by atomic mass is 10.0. The van der Waals surface area contributed by atoms with E-state index < -0.39 is 10.0 Å². The van der Waals surface area contributed by atoms with Gasteiger partial charge in [-0.3, -0.25) is 9.10 Å². The molecule has 0 spiro atoms. The van der Waals surface area contributed by atoms with Crippen LogP contribution < -0.4 is 9.62 Å². The summed E-state index contributed by atoms with van der Waals surface area (Å²) in [5, 5.41) is 3.44. The molecule has 3 aromatic carbocycles. The van der Waals surface area contributed by atoms with Crippen molar-refractivity contribution in [3.63, 3.8) is 0 Å². The number of hydrogen-bond acceptors (Lipinski definition) is 3. The molecule has 0 aliphatic rings. The Bertz CT molecular complexity index is 1230. The normalized spacial score (nSPS) is 12.3. The molecule has 0 fully saturated rings. The van der Waals surface area contributed by atoms with E-state index in [-0.39, 0.29) is 28.5 Å². The van der Waals surface area contributed by atoms with Crippen LogP contribution in [0.3, 0.4) is 0 Å². The lowest BCUT2D eigenvalue weighted by molar-refractivity contribution is 0.0940. The predicted molar refractivity (Wildman–Crippen MR) is 136 cm³/mol. The van der Waals surface area contributed by atoms with Gasteiger partial charge in [0.1, 0.15) is 0 Å². The number of carbonyl (C=O) groups is 1. The van der Waals surface area contributed by atoms with Gasteiger partial charge >= 0.3 is 0 Å². The number of rotatable bonds is 8. The molecule has 0 aliphatic heterocycles. The van der Waals surface area contributed by atoms with E-state index in [1.165, 1.54) is 9.87 Å². The topological polar surface area (TPSA) is 66.5 Å². The third-order valence-electron chi connectivity index (χ3n) is 5.38. The fraction of sp³-hybridized carbons (Fsp3) is 0.240. The van der Waals surface area contributed by atoms with Crippen molar-refractivity contribution in [3.8, 4) is 0 Å². The van der Waals surface area contributed by atoms with Crippen LogP contribution in [0.15, 0.2) is 66.7 Å². The van der Waals surface area contributed by atoms with Gasteiger partial charge in [0.05, 0.1) is 34.6 Å². The van der Waals surface area contributed by atoms with Gasteiger partial charge in [-0.1, -0.05) is 72.6 Å². The Hall–Kier alpha value is -2.54. The van der Waals surface area contributed by atoms with Crippen molar-refractivity contribution < 1.29 is 13.2 Å². The molecule has 0 aromatic heterocycles. The number of nitrogens with one attached hydrogen (secondary N) is 1. The fourth-order valence-corrected chi connectivity index (χ4v) is 4.74. The number of nitrogens with zero attached hydrogens (tertiary/aromatic N) is 1. The van der Waals surface area contributed by atoms with Crippen LogP contribution in [0.25, 0.3) is 0 Å². The quantitative estimate of drug-likeness (QED) is 0.408. The monoisotopic (exact) mass is 504 g/mol. The van der Waals surface area contributed by atoms with Gasteiger partial charge in [0.25, 0.3) is 5.91 Å². The zero-order valence-corrected chi connectivity index (χ0v) is 21.0. The Morgan fingerprint density at radius 2 is 1.58 bits per heavy atom. The van der Waals surface area contributed by atoms with Crippen LogP contribution in [-0.2, 0) is 23.0 Å². The molecule has 1 N–H and O–H groups in total. The molecule has 3 aromatic rings. The largest absolute Gasteiger partial charge is 0.346 e. The van der Waals surface area contributed by atoms with Gasteiger partial charge in [0.15, 0.2) is 0 Å². The maximum absolute atomic E-state index is 12.7. The number of hydrogen-bond donors (Lipinski definition) is 1. The molecule has 0 radical (unpaired) electrons. The lowest BCUT2D eigenvalue weighted by Gasteiger charge is -2.24.